The number of hydrogen-bond donors (Lipinski definition) is 1. The molecule has 2 aromatic rings. The molecule has 0 saturated carbocycles. The first-order chi connectivity index (χ1) is 11.4. The van der Waals surface area contributed by atoms with Gasteiger partial charge in [0.2, 0.25) is 0 Å². The molecule has 0 aliphatic rings. The molecule has 0 aliphatic carbocycles. The molecule has 0 fully saturated rings. The molecule has 0 aromatic heterocycles. The number of hydrogen-bond acceptors (Lipinski definition) is 3. The van der Waals surface area contributed by atoms with Gasteiger partial charge in [-0.2, -0.15) is 0 Å². The molecule has 2 rings (SSSR count). The molecular weight excluding hydrogens is 316 g/mol. The van der Waals surface area contributed by atoms with Crippen molar-refractivity contribution in [1.82, 2.24) is 5.32 Å². The second-order valence-corrected chi connectivity index (χ2v) is 5.40. The van der Waals surface area contributed by atoms with Gasteiger partial charge in [0.25, 0.3) is 5.91 Å². The van der Waals surface area contributed by atoms with Crippen LogP contribution in [0.25, 0.3) is 0 Å². The van der Waals surface area contributed by atoms with Crippen molar-refractivity contribution in [1.29, 1.82) is 0 Å². The van der Waals surface area contributed by atoms with E-state index in [4.69, 9.17) is 4.74 Å². The van der Waals surface area contributed by atoms with E-state index in [1.807, 2.05) is 31.2 Å². The summed E-state index contributed by atoms with van der Waals surface area (Å²) in [6.07, 6.45) is 0.205. The van der Waals surface area contributed by atoms with E-state index in [2.05, 4.69) is 5.32 Å². The number of aryl methyl sites for hydroxylation is 1. The summed E-state index contributed by atoms with van der Waals surface area (Å²) in [4.78, 5) is 24.1. The molecule has 1 amide bonds. The minimum absolute atomic E-state index is 0.203. The Morgan fingerprint density at radius 2 is 1.67 bits per heavy atom. The van der Waals surface area contributed by atoms with Gasteiger partial charge in [-0.25, -0.2) is 13.6 Å². The fourth-order valence-electron chi connectivity index (χ4n) is 2.22. The summed E-state index contributed by atoms with van der Waals surface area (Å²) in [6, 6.07) is 8.94. The molecule has 0 unspecified atom stereocenters. The highest BCUT2D eigenvalue weighted by Crippen LogP contribution is 2.11. The Kier molecular flexibility index (Phi) is 5.63. The standard InChI is InChI=1S/C18H17F2NO3/c1-11-3-5-12(6-4-11)7-16(18(23)24-2)21-17(22)13-8-14(19)10-15(20)9-13/h3-6,8-10,16H,7H2,1-2H3,(H,21,22)/t16-/m0/s1. The molecule has 126 valence electrons. The number of carbonyl (C=O) groups excluding carboxylic acids is 2. The number of ether oxygens (including phenoxy) is 1. The van der Waals surface area contributed by atoms with E-state index in [9.17, 15) is 18.4 Å². The quantitative estimate of drug-likeness (QED) is 0.856. The fraction of sp³-hybridized carbons (Fsp3) is 0.222. The van der Waals surface area contributed by atoms with Gasteiger partial charge in [-0.1, -0.05) is 29.8 Å². The zero-order valence-corrected chi connectivity index (χ0v) is 13.3. The van der Waals surface area contributed by atoms with Crippen molar-refractivity contribution < 1.29 is 23.1 Å². The summed E-state index contributed by atoms with van der Waals surface area (Å²) in [5, 5.41) is 2.45. The van der Waals surface area contributed by atoms with E-state index in [-0.39, 0.29) is 12.0 Å². The van der Waals surface area contributed by atoms with Crippen molar-refractivity contribution in [3.63, 3.8) is 0 Å². The van der Waals surface area contributed by atoms with Gasteiger partial charge in [0.1, 0.15) is 17.7 Å². The third kappa shape index (κ3) is 4.62. The Labute approximate surface area is 138 Å². The van der Waals surface area contributed by atoms with Gasteiger partial charge in [-0.3, -0.25) is 4.79 Å². The minimum atomic E-state index is -0.962. The smallest absolute Gasteiger partial charge is 0.328 e. The molecule has 0 radical (unpaired) electrons. The lowest BCUT2D eigenvalue weighted by Crippen LogP contribution is -2.43. The van der Waals surface area contributed by atoms with Crippen LogP contribution >= 0.6 is 0 Å². The topological polar surface area (TPSA) is 55.4 Å². The molecule has 6 heteroatoms. The Balaban J connectivity index is 2.17. The minimum Gasteiger partial charge on any atom is -0.467 e. The molecule has 24 heavy (non-hydrogen) atoms. The average Bonchev–Trinajstić information content (AvgIpc) is 2.54. The first-order valence-corrected chi connectivity index (χ1v) is 7.29. The number of benzene rings is 2. The molecule has 0 heterocycles. The van der Waals surface area contributed by atoms with Crippen LogP contribution in [-0.2, 0) is 16.0 Å². The normalized spacial score (nSPS) is 11.7. The Morgan fingerprint density at radius 3 is 2.21 bits per heavy atom. The van der Waals surface area contributed by atoms with E-state index in [1.165, 1.54) is 7.11 Å². The summed E-state index contributed by atoms with van der Waals surface area (Å²) < 4.78 is 31.1. The van der Waals surface area contributed by atoms with Crippen LogP contribution in [0.5, 0.6) is 0 Å². The van der Waals surface area contributed by atoms with Gasteiger partial charge in [0.15, 0.2) is 0 Å². The molecule has 1 N–H and O–H groups in total. The Bertz CT molecular complexity index is 724. The van der Waals surface area contributed by atoms with Crippen LogP contribution in [0.15, 0.2) is 42.5 Å². The highest BCUT2D eigenvalue weighted by atomic mass is 19.1. The monoisotopic (exact) mass is 333 g/mol. The zero-order valence-electron chi connectivity index (χ0n) is 13.3. The highest BCUT2D eigenvalue weighted by Gasteiger charge is 2.23. The van der Waals surface area contributed by atoms with Crippen LogP contribution in [0.3, 0.4) is 0 Å². The molecular formula is C18H17F2NO3. The van der Waals surface area contributed by atoms with Crippen LogP contribution in [0, 0.1) is 18.6 Å². The summed E-state index contributed by atoms with van der Waals surface area (Å²) in [5.41, 5.74) is 1.68. The second-order valence-electron chi connectivity index (χ2n) is 5.40. The molecule has 0 spiro atoms. The number of rotatable bonds is 5. The van der Waals surface area contributed by atoms with Crippen LogP contribution in [0.2, 0.25) is 0 Å². The molecule has 0 bridgehead atoms. The summed E-state index contributed by atoms with van der Waals surface area (Å²) in [5.74, 6) is -3.13. The summed E-state index contributed by atoms with van der Waals surface area (Å²) >= 11 is 0. The molecule has 1 atom stereocenters. The maximum Gasteiger partial charge on any atom is 0.328 e. The van der Waals surface area contributed by atoms with Crippen molar-refractivity contribution in [2.24, 2.45) is 0 Å². The molecule has 0 saturated heterocycles. The summed E-state index contributed by atoms with van der Waals surface area (Å²) in [6.45, 7) is 1.93. The SMILES string of the molecule is COC(=O)[C@H](Cc1ccc(C)cc1)NC(=O)c1cc(F)cc(F)c1. The van der Waals surface area contributed by atoms with Crippen LogP contribution < -0.4 is 5.32 Å². The van der Waals surface area contributed by atoms with Crippen molar-refractivity contribution in [2.75, 3.05) is 7.11 Å². The van der Waals surface area contributed by atoms with Crippen LogP contribution in [0.1, 0.15) is 21.5 Å². The first kappa shape index (κ1) is 17.6. The predicted octanol–water partition coefficient (Wildman–Crippen LogP) is 2.79. The van der Waals surface area contributed by atoms with Crippen molar-refractivity contribution in [3.8, 4) is 0 Å². The van der Waals surface area contributed by atoms with Crippen molar-refractivity contribution >= 4 is 11.9 Å². The van der Waals surface area contributed by atoms with Gasteiger partial charge < -0.3 is 10.1 Å². The van der Waals surface area contributed by atoms with Gasteiger partial charge >= 0.3 is 5.97 Å². The van der Waals surface area contributed by atoms with Crippen molar-refractivity contribution in [3.05, 3.63) is 70.8 Å². The number of amides is 1. The van der Waals surface area contributed by atoms with E-state index < -0.39 is 29.6 Å². The van der Waals surface area contributed by atoms with Gasteiger partial charge in [0, 0.05) is 18.1 Å². The molecule has 4 nitrogen and oxygen atoms in total. The average molecular weight is 333 g/mol. The largest absolute Gasteiger partial charge is 0.467 e. The van der Waals surface area contributed by atoms with E-state index in [1.54, 1.807) is 0 Å². The van der Waals surface area contributed by atoms with Crippen LogP contribution in [-0.4, -0.2) is 25.0 Å². The van der Waals surface area contributed by atoms with Gasteiger partial charge in [-0.15, -0.1) is 0 Å². The van der Waals surface area contributed by atoms with Gasteiger partial charge in [0.05, 0.1) is 7.11 Å². The number of methoxy groups -OCH3 is 1. The van der Waals surface area contributed by atoms with E-state index in [0.29, 0.717) is 6.07 Å². The van der Waals surface area contributed by atoms with E-state index in [0.717, 1.165) is 23.3 Å². The lowest BCUT2D eigenvalue weighted by atomic mass is 10.0. The number of esters is 1. The molecule has 0 aliphatic heterocycles. The van der Waals surface area contributed by atoms with Crippen LogP contribution in [0.4, 0.5) is 8.78 Å². The summed E-state index contributed by atoms with van der Waals surface area (Å²) in [7, 11) is 1.21. The third-order valence-corrected chi connectivity index (χ3v) is 3.48. The number of carbonyl (C=O) groups is 2. The maximum atomic E-state index is 13.2. The van der Waals surface area contributed by atoms with Crippen molar-refractivity contribution in [2.45, 2.75) is 19.4 Å². The fourth-order valence-corrected chi connectivity index (χ4v) is 2.22. The maximum absolute atomic E-state index is 13.2. The number of halogens is 2. The first-order valence-electron chi connectivity index (χ1n) is 7.29. The third-order valence-electron chi connectivity index (χ3n) is 3.48. The molecule has 2 aromatic carbocycles. The Hall–Kier alpha value is -2.76. The lowest BCUT2D eigenvalue weighted by Gasteiger charge is -2.17. The number of nitrogens with one attached hydrogen (secondary N) is 1. The zero-order chi connectivity index (χ0) is 17.7. The van der Waals surface area contributed by atoms with Gasteiger partial charge in [-0.05, 0) is 24.6 Å². The predicted molar refractivity (Wildman–Crippen MR) is 84.5 cm³/mol. The van der Waals surface area contributed by atoms with E-state index >= 15 is 0 Å². The highest BCUT2D eigenvalue weighted by molar-refractivity contribution is 5.96. The Morgan fingerprint density at radius 1 is 1.08 bits per heavy atom. The second kappa shape index (κ2) is 7.68. The lowest BCUT2D eigenvalue weighted by molar-refractivity contribution is -0.142.